The Morgan fingerprint density at radius 2 is 2.47 bits per heavy atom. The fourth-order valence-corrected chi connectivity index (χ4v) is 2.57. The maximum atomic E-state index is 10.7. The average molecular weight is 277 g/mol. The lowest BCUT2D eigenvalue weighted by Gasteiger charge is -2.19. The van der Waals surface area contributed by atoms with E-state index in [0.29, 0.717) is 6.54 Å². The van der Waals surface area contributed by atoms with Gasteiger partial charge in [0, 0.05) is 30.7 Å². The van der Waals surface area contributed by atoms with Crippen LogP contribution in [0.1, 0.15) is 12.6 Å². The number of aromatic nitrogens is 2. The highest BCUT2D eigenvalue weighted by Crippen LogP contribution is 2.25. The Bertz CT molecular complexity index is 627. The summed E-state index contributed by atoms with van der Waals surface area (Å²) in [5, 5.41) is 10.7. The van der Waals surface area contributed by atoms with Crippen molar-refractivity contribution in [2.45, 2.75) is 6.92 Å². The van der Waals surface area contributed by atoms with E-state index in [-0.39, 0.29) is 0 Å². The molecule has 0 unspecified atom stereocenters. The molecule has 0 saturated carbocycles. The van der Waals surface area contributed by atoms with Crippen molar-refractivity contribution in [3.05, 3.63) is 36.0 Å². The van der Waals surface area contributed by atoms with Gasteiger partial charge in [-0.3, -0.25) is 4.40 Å². The summed E-state index contributed by atoms with van der Waals surface area (Å²) in [7, 11) is 0. The Morgan fingerprint density at radius 1 is 1.68 bits per heavy atom. The third kappa shape index (κ3) is 2.68. The van der Waals surface area contributed by atoms with Crippen molar-refractivity contribution < 1.29 is 9.90 Å². The monoisotopic (exact) mass is 277 g/mol. The predicted molar refractivity (Wildman–Crippen MR) is 77.8 cm³/mol. The first-order valence-corrected chi connectivity index (χ1v) is 6.77. The molecule has 0 aliphatic heterocycles. The van der Waals surface area contributed by atoms with Crippen LogP contribution in [0.15, 0.2) is 30.3 Å². The van der Waals surface area contributed by atoms with Crippen LogP contribution in [0.5, 0.6) is 0 Å². The number of aliphatic carboxylic acids is 1. The molecular formula is C13H15N3O2S. The first-order chi connectivity index (χ1) is 9.17. The van der Waals surface area contributed by atoms with Crippen LogP contribution in [0.2, 0.25) is 0 Å². The van der Waals surface area contributed by atoms with Crippen LogP contribution < -0.4 is 4.90 Å². The van der Waals surface area contributed by atoms with Gasteiger partial charge in [-0.2, -0.15) is 0 Å². The molecule has 0 atom stereocenters. The molecule has 0 aliphatic rings. The van der Waals surface area contributed by atoms with E-state index in [9.17, 15) is 4.79 Å². The summed E-state index contributed by atoms with van der Waals surface area (Å²) >= 11 is 1.52. The summed E-state index contributed by atoms with van der Waals surface area (Å²) in [6, 6.07) is 0. The maximum absolute atomic E-state index is 10.7. The minimum absolute atomic E-state index is 0.676. The Labute approximate surface area is 115 Å². The second-order valence-corrected chi connectivity index (χ2v) is 4.75. The van der Waals surface area contributed by atoms with E-state index in [1.807, 2.05) is 33.9 Å². The van der Waals surface area contributed by atoms with Gasteiger partial charge in [-0.1, -0.05) is 6.08 Å². The molecule has 2 aromatic rings. The summed E-state index contributed by atoms with van der Waals surface area (Å²) in [6.07, 6.45) is 6.41. The van der Waals surface area contributed by atoms with Gasteiger partial charge in [-0.05, 0) is 13.0 Å². The molecule has 0 aromatic carbocycles. The molecule has 0 bridgehead atoms. The molecule has 1 N–H and O–H groups in total. The standard InChI is InChI=1S/C13H15N3O2S/c1-3-7-15(4-2)12-10(5-6-11(17)18)16-8-9-19-13(16)14-12/h3,5-6,8-9H,1,4,7H2,2H3,(H,17,18)/b6-5+. The minimum atomic E-state index is -0.970. The van der Waals surface area contributed by atoms with E-state index in [1.165, 1.54) is 11.3 Å². The number of carboxylic acids is 1. The minimum Gasteiger partial charge on any atom is -0.478 e. The topological polar surface area (TPSA) is 57.8 Å². The second-order valence-electron chi connectivity index (χ2n) is 3.88. The predicted octanol–water partition coefficient (Wildman–Crippen LogP) is 2.51. The van der Waals surface area contributed by atoms with Gasteiger partial charge >= 0.3 is 5.97 Å². The second kappa shape index (κ2) is 5.71. The van der Waals surface area contributed by atoms with Gasteiger partial charge in [0.2, 0.25) is 0 Å². The number of thiazole rings is 1. The molecule has 100 valence electrons. The fourth-order valence-electron chi connectivity index (χ4n) is 1.85. The van der Waals surface area contributed by atoms with E-state index in [1.54, 1.807) is 6.08 Å². The van der Waals surface area contributed by atoms with Gasteiger partial charge in [0.05, 0.1) is 5.69 Å². The third-order valence-corrected chi connectivity index (χ3v) is 3.45. The highest BCUT2D eigenvalue weighted by atomic mass is 32.1. The van der Waals surface area contributed by atoms with Crippen molar-refractivity contribution in [3.63, 3.8) is 0 Å². The first-order valence-electron chi connectivity index (χ1n) is 5.89. The molecule has 2 heterocycles. The molecule has 0 fully saturated rings. The SMILES string of the molecule is C=CCN(CC)c1nc2sccn2c1/C=C/C(=O)O. The van der Waals surface area contributed by atoms with E-state index < -0.39 is 5.97 Å². The molecule has 2 rings (SSSR count). The number of fused-ring (bicyclic) bond motifs is 1. The lowest BCUT2D eigenvalue weighted by Crippen LogP contribution is -2.23. The van der Waals surface area contributed by atoms with E-state index in [0.717, 1.165) is 29.1 Å². The summed E-state index contributed by atoms with van der Waals surface area (Å²) in [6.45, 7) is 7.22. The normalized spacial score (nSPS) is 11.2. The number of rotatable bonds is 6. The van der Waals surface area contributed by atoms with Crippen LogP contribution in [0.4, 0.5) is 5.82 Å². The third-order valence-electron chi connectivity index (χ3n) is 2.69. The molecule has 6 heteroatoms. The van der Waals surface area contributed by atoms with Gasteiger partial charge in [-0.15, -0.1) is 17.9 Å². The molecule has 0 radical (unpaired) electrons. The van der Waals surface area contributed by atoms with Crippen LogP contribution in [0, 0.1) is 0 Å². The van der Waals surface area contributed by atoms with Crippen LogP contribution in [-0.4, -0.2) is 33.6 Å². The van der Waals surface area contributed by atoms with Crippen molar-refractivity contribution in [2.75, 3.05) is 18.0 Å². The van der Waals surface area contributed by atoms with E-state index in [4.69, 9.17) is 5.11 Å². The molecule has 19 heavy (non-hydrogen) atoms. The number of hydrogen-bond acceptors (Lipinski definition) is 4. The number of imidazole rings is 1. The molecule has 2 aromatic heterocycles. The summed E-state index contributed by atoms with van der Waals surface area (Å²) in [4.78, 5) is 18.2. The summed E-state index contributed by atoms with van der Waals surface area (Å²) in [5.74, 6) is -0.186. The van der Waals surface area contributed by atoms with Crippen LogP contribution >= 0.6 is 11.3 Å². The van der Waals surface area contributed by atoms with Gasteiger partial charge in [0.1, 0.15) is 0 Å². The zero-order valence-electron chi connectivity index (χ0n) is 10.6. The largest absolute Gasteiger partial charge is 0.478 e. The van der Waals surface area contributed by atoms with E-state index >= 15 is 0 Å². The number of nitrogens with zero attached hydrogens (tertiary/aromatic N) is 3. The van der Waals surface area contributed by atoms with Crippen molar-refractivity contribution in [3.8, 4) is 0 Å². The van der Waals surface area contributed by atoms with Gasteiger partial charge in [-0.25, -0.2) is 9.78 Å². The fraction of sp³-hybridized carbons (Fsp3) is 0.231. The summed E-state index contributed by atoms with van der Waals surface area (Å²) in [5.41, 5.74) is 0.780. The lowest BCUT2D eigenvalue weighted by atomic mass is 10.3. The molecular weight excluding hydrogens is 262 g/mol. The Balaban J connectivity index is 2.52. The maximum Gasteiger partial charge on any atom is 0.328 e. The molecule has 0 amide bonds. The first kappa shape index (κ1) is 13.4. The molecule has 5 nitrogen and oxygen atoms in total. The average Bonchev–Trinajstić information content (AvgIpc) is 2.94. The number of carbonyl (C=O) groups is 1. The van der Waals surface area contributed by atoms with Gasteiger partial charge < -0.3 is 10.0 Å². The van der Waals surface area contributed by atoms with Gasteiger partial charge in [0.15, 0.2) is 10.8 Å². The Hall–Kier alpha value is -2.08. The van der Waals surface area contributed by atoms with Crippen LogP contribution in [-0.2, 0) is 4.79 Å². The summed E-state index contributed by atoms with van der Waals surface area (Å²) < 4.78 is 1.89. The molecule has 0 saturated heterocycles. The van der Waals surface area contributed by atoms with Crippen molar-refractivity contribution in [1.82, 2.24) is 9.38 Å². The van der Waals surface area contributed by atoms with E-state index in [2.05, 4.69) is 11.6 Å². The number of carboxylic acid groups (broad SMARTS) is 1. The number of anilines is 1. The van der Waals surface area contributed by atoms with Crippen molar-refractivity contribution in [1.29, 1.82) is 0 Å². The van der Waals surface area contributed by atoms with Crippen molar-refractivity contribution >= 4 is 34.2 Å². The molecule has 0 aliphatic carbocycles. The van der Waals surface area contributed by atoms with Crippen LogP contribution in [0.25, 0.3) is 11.0 Å². The van der Waals surface area contributed by atoms with Crippen molar-refractivity contribution in [2.24, 2.45) is 0 Å². The Morgan fingerprint density at radius 3 is 3.11 bits per heavy atom. The smallest absolute Gasteiger partial charge is 0.328 e. The highest BCUT2D eigenvalue weighted by molar-refractivity contribution is 7.15. The zero-order chi connectivity index (χ0) is 13.8. The van der Waals surface area contributed by atoms with Crippen LogP contribution in [0.3, 0.4) is 0 Å². The zero-order valence-corrected chi connectivity index (χ0v) is 11.4. The molecule has 0 spiro atoms. The van der Waals surface area contributed by atoms with Gasteiger partial charge in [0.25, 0.3) is 0 Å². The number of hydrogen-bond donors (Lipinski definition) is 1. The lowest BCUT2D eigenvalue weighted by molar-refractivity contribution is -0.131. The Kier molecular flexibility index (Phi) is 4.01. The highest BCUT2D eigenvalue weighted by Gasteiger charge is 2.15. The quantitative estimate of drug-likeness (QED) is 0.651. The number of likely N-dealkylation sites (N-methyl/N-ethyl adjacent to an activating group) is 1.